The lowest BCUT2D eigenvalue weighted by atomic mass is 10.1. The van der Waals surface area contributed by atoms with Crippen LogP contribution in [0.5, 0.6) is 0 Å². The molecule has 1 fully saturated rings. The number of benzene rings is 1. The molecule has 2 aliphatic heterocycles. The highest BCUT2D eigenvalue weighted by Crippen LogP contribution is 2.32. The zero-order chi connectivity index (χ0) is 22.9. The molecule has 8 nitrogen and oxygen atoms in total. The second-order valence-corrected chi connectivity index (χ2v) is 8.04. The van der Waals surface area contributed by atoms with Crippen molar-refractivity contribution in [3.8, 4) is 0 Å². The number of hydrogen-bond donors (Lipinski definition) is 1. The first-order chi connectivity index (χ1) is 15.2. The highest BCUT2D eigenvalue weighted by atomic mass is 35.5. The van der Waals surface area contributed by atoms with Crippen molar-refractivity contribution in [1.29, 1.82) is 0 Å². The molecule has 0 aliphatic carbocycles. The smallest absolute Gasteiger partial charge is 0.416 e. The van der Waals surface area contributed by atoms with Crippen LogP contribution in [0.15, 0.2) is 24.3 Å². The number of carbonyl (C=O) groups is 2. The van der Waals surface area contributed by atoms with Gasteiger partial charge in [-0.2, -0.15) is 18.3 Å². The van der Waals surface area contributed by atoms with Gasteiger partial charge in [0.1, 0.15) is 6.61 Å². The van der Waals surface area contributed by atoms with Gasteiger partial charge < -0.3 is 19.9 Å². The fraction of sp³-hybridized carbons (Fsp3) is 0.450. The minimum Gasteiger partial charge on any atom is -0.445 e. The van der Waals surface area contributed by atoms with Gasteiger partial charge in [0.15, 0.2) is 5.69 Å². The average Bonchev–Trinajstić information content (AvgIpc) is 3.20. The fourth-order valence-corrected chi connectivity index (χ4v) is 3.95. The van der Waals surface area contributed by atoms with Gasteiger partial charge in [-0.05, 0) is 29.8 Å². The molecular weight excluding hydrogens is 451 g/mol. The van der Waals surface area contributed by atoms with E-state index in [2.05, 4.69) is 10.4 Å². The van der Waals surface area contributed by atoms with Crippen LogP contribution in [-0.4, -0.2) is 64.3 Å². The van der Waals surface area contributed by atoms with E-state index >= 15 is 0 Å². The molecule has 0 radical (unpaired) electrons. The summed E-state index contributed by atoms with van der Waals surface area (Å²) in [5, 5.41) is 7.46. The van der Waals surface area contributed by atoms with Gasteiger partial charge in [-0.15, -0.1) is 0 Å². The van der Waals surface area contributed by atoms with Crippen molar-refractivity contribution in [1.82, 2.24) is 24.9 Å². The second-order valence-electron chi connectivity index (χ2n) is 7.61. The lowest BCUT2D eigenvalue weighted by Crippen LogP contribution is -2.46. The summed E-state index contributed by atoms with van der Waals surface area (Å²) in [6.07, 6.45) is -5.21. The second kappa shape index (κ2) is 8.99. The molecule has 1 aromatic heterocycles. The molecule has 2 aromatic rings. The zero-order valence-corrected chi connectivity index (χ0v) is 17.7. The molecule has 0 bridgehead atoms. The summed E-state index contributed by atoms with van der Waals surface area (Å²) in [5.74, 6) is -0.149. The number of rotatable bonds is 3. The van der Waals surface area contributed by atoms with Crippen molar-refractivity contribution in [3.63, 3.8) is 0 Å². The number of halogens is 4. The van der Waals surface area contributed by atoms with Crippen molar-refractivity contribution in [2.75, 3.05) is 32.7 Å². The summed E-state index contributed by atoms with van der Waals surface area (Å²) < 4.78 is 45.7. The maximum Gasteiger partial charge on any atom is 0.416 e. The van der Waals surface area contributed by atoms with E-state index in [0.29, 0.717) is 37.6 Å². The molecule has 3 heterocycles. The van der Waals surface area contributed by atoms with Gasteiger partial charge in [0.25, 0.3) is 5.91 Å². The Labute approximate surface area is 186 Å². The normalized spacial score (nSPS) is 16.6. The molecular formula is C20H21ClF3N5O3. The fourth-order valence-electron chi connectivity index (χ4n) is 3.69. The number of fused-ring (bicyclic) bond motifs is 1. The van der Waals surface area contributed by atoms with E-state index < -0.39 is 17.8 Å². The zero-order valence-electron chi connectivity index (χ0n) is 17.0. The van der Waals surface area contributed by atoms with Crippen LogP contribution >= 0.6 is 11.6 Å². The van der Waals surface area contributed by atoms with E-state index in [4.69, 9.17) is 16.3 Å². The highest BCUT2D eigenvalue weighted by molar-refractivity contribution is 6.30. The van der Waals surface area contributed by atoms with Gasteiger partial charge in [0.2, 0.25) is 0 Å². The summed E-state index contributed by atoms with van der Waals surface area (Å²) >= 11 is 5.77. The van der Waals surface area contributed by atoms with Crippen LogP contribution in [0.25, 0.3) is 0 Å². The van der Waals surface area contributed by atoms with E-state index in [0.717, 1.165) is 25.2 Å². The minimum atomic E-state index is -4.55. The molecule has 1 aromatic carbocycles. The Morgan fingerprint density at radius 2 is 1.81 bits per heavy atom. The monoisotopic (exact) mass is 471 g/mol. The maximum absolute atomic E-state index is 12.9. The number of nitrogens with one attached hydrogen (secondary N) is 1. The van der Waals surface area contributed by atoms with Crippen LogP contribution in [0.4, 0.5) is 18.0 Å². The first kappa shape index (κ1) is 22.4. The van der Waals surface area contributed by atoms with Crippen molar-refractivity contribution in [2.24, 2.45) is 0 Å². The van der Waals surface area contributed by atoms with E-state index in [1.165, 1.54) is 11.0 Å². The molecule has 32 heavy (non-hydrogen) atoms. The Bertz CT molecular complexity index is 1020. The standard InChI is InChI=1S/C20H21ClF3N5O3/c21-15-8-13(7-14(9-15)20(22,23)24)12-32-19(31)28-5-6-29-16(11-28)10-17(26-29)18(30)27-3-1-25-2-4-27/h7-10,25H,1-6,11-12H2. The topological polar surface area (TPSA) is 79.7 Å². The number of ether oxygens (including phenoxy) is 1. The predicted octanol–water partition coefficient (Wildman–Crippen LogP) is 2.75. The predicted molar refractivity (Wildman–Crippen MR) is 108 cm³/mol. The molecule has 1 N–H and O–H groups in total. The van der Waals surface area contributed by atoms with Gasteiger partial charge in [-0.3, -0.25) is 9.48 Å². The Balaban J connectivity index is 1.37. The highest BCUT2D eigenvalue weighted by Gasteiger charge is 2.31. The van der Waals surface area contributed by atoms with Crippen LogP contribution < -0.4 is 5.32 Å². The van der Waals surface area contributed by atoms with E-state index in [9.17, 15) is 22.8 Å². The third-order valence-corrected chi connectivity index (χ3v) is 5.54. The van der Waals surface area contributed by atoms with Crippen molar-refractivity contribution >= 4 is 23.6 Å². The van der Waals surface area contributed by atoms with Crippen molar-refractivity contribution in [3.05, 3.63) is 51.8 Å². The van der Waals surface area contributed by atoms with Crippen LogP contribution in [0.2, 0.25) is 5.02 Å². The van der Waals surface area contributed by atoms with Gasteiger partial charge in [0, 0.05) is 37.7 Å². The van der Waals surface area contributed by atoms with Crippen molar-refractivity contribution < 1.29 is 27.5 Å². The number of hydrogen-bond acceptors (Lipinski definition) is 5. The molecule has 0 unspecified atom stereocenters. The molecule has 0 spiro atoms. The summed E-state index contributed by atoms with van der Waals surface area (Å²) in [5.41, 5.74) is 0.258. The summed E-state index contributed by atoms with van der Waals surface area (Å²) in [4.78, 5) is 28.3. The first-order valence-electron chi connectivity index (χ1n) is 10.1. The molecule has 0 saturated carbocycles. The number of amides is 2. The summed E-state index contributed by atoms with van der Waals surface area (Å²) in [6.45, 7) is 3.21. The van der Waals surface area contributed by atoms with Crippen LogP contribution in [-0.2, 0) is 30.6 Å². The molecule has 1 saturated heterocycles. The quantitative estimate of drug-likeness (QED) is 0.744. The third kappa shape index (κ3) is 4.99. The van der Waals surface area contributed by atoms with Gasteiger partial charge in [-0.1, -0.05) is 11.6 Å². The number of aromatic nitrogens is 2. The van der Waals surface area contributed by atoms with Crippen LogP contribution in [0.1, 0.15) is 27.3 Å². The number of carbonyl (C=O) groups excluding carboxylic acids is 2. The summed E-state index contributed by atoms with van der Waals surface area (Å²) in [7, 11) is 0. The molecule has 12 heteroatoms. The number of alkyl halides is 3. The molecule has 172 valence electrons. The van der Waals surface area contributed by atoms with E-state index in [-0.39, 0.29) is 29.6 Å². The Morgan fingerprint density at radius 1 is 1.06 bits per heavy atom. The van der Waals surface area contributed by atoms with Crippen LogP contribution in [0.3, 0.4) is 0 Å². The van der Waals surface area contributed by atoms with E-state index in [1.54, 1.807) is 15.6 Å². The van der Waals surface area contributed by atoms with Crippen LogP contribution in [0, 0.1) is 0 Å². The molecule has 4 rings (SSSR count). The van der Waals surface area contributed by atoms with Gasteiger partial charge in [0.05, 0.1) is 24.3 Å². The Kier molecular flexibility index (Phi) is 6.29. The van der Waals surface area contributed by atoms with Gasteiger partial charge >= 0.3 is 12.3 Å². The summed E-state index contributed by atoms with van der Waals surface area (Å²) in [6, 6.07) is 4.70. The lowest BCUT2D eigenvalue weighted by Gasteiger charge is -2.27. The van der Waals surface area contributed by atoms with E-state index in [1.807, 2.05) is 0 Å². The molecule has 2 amide bonds. The number of nitrogens with zero attached hydrogens (tertiary/aromatic N) is 4. The lowest BCUT2D eigenvalue weighted by molar-refractivity contribution is -0.137. The Hall–Kier alpha value is -2.79. The minimum absolute atomic E-state index is 0.0885. The SMILES string of the molecule is O=C(OCc1cc(Cl)cc(C(F)(F)F)c1)N1CCn2nc(C(=O)N3CCNCC3)cc2C1. The largest absolute Gasteiger partial charge is 0.445 e. The average molecular weight is 472 g/mol. The molecule has 0 atom stereocenters. The Morgan fingerprint density at radius 3 is 2.53 bits per heavy atom. The first-order valence-corrected chi connectivity index (χ1v) is 10.4. The number of piperazine rings is 1. The maximum atomic E-state index is 12.9. The third-order valence-electron chi connectivity index (χ3n) is 5.33. The van der Waals surface area contributed by atoms with Gasteiger partial charge in [-0.25, -0.2) is 4.79 Å². The molecule has 2 aliphatic rings. The van der Waals surface area contributed by atoms with Crippen molar-refractivity contribution in [2.45, 2.75) is 25.9 Å².